The number of benzene rings is 1. The molecule has 11 heteroatoms. The highest BCUT2D eigenvalue weighted by Crippen LogP contribution is 2.29. The Morgan fingerprint density at radius 3 is 2.48 bits per heavy atom. The van der Waals surface area contributed by atoms with Gasteiger partial charge in [0.1, 0.15) is 0 Å². The van der Waals surface area contributed by atoms with Gasteiger partial charge in [-0.1, -0.05) is 17.3 Å². The molecule has 25 heavy (non-hydrogen) atoms. The van der Waals surface area contributed by atoms with E-state index >= 15 is 0 Å². The lowest BCUT2D eigenvalue weighted by molar-refractivity contribution is -0.159. The number of amides is 1. The number of thioether (sulfide) groups is 1. The first-order chi connectivity index (χ1) is 11.8. The third kappa shape index (κ3) is 5.48. The molecule has 0 aliphatic carbocycles. The molecule has 2 rings (SSSR count). The molecule has 1 aromatic heterocycles. The summed E-state index contributed by atoms with van der Waals surface area (Å²) in [4.78, 5) is 25.5. The maximum absolute atomic E-state index is 12.4. The van der Waals surface area contributed by atoms with Gasteiger partial charge in [0, 0.05) is 23.4 Å². The van der Waals surface area contributed by atoms with Crippen LogP contribution in [0.1, 0.15) is 16.2 Å². The average Bonchev–Trinajstić information content (AvgIpc) is 3.04. The molecule has 0 fully saturated rings. The van der Waals surface area contributed by atoms with Gasteiger partial charge in [0.05, 0.1) is 5.75 Å². The molecule has 0 unspecified atom stereocenters. The first kappa shape index (κ1) is 18.8. The summed E-state index contributed by atoms with van der Waals surface area (Å²) < 4.78 is 41.4. The standard InChI is InChI=1S/C14H12F3N3O4S/c15-14(16,17)13-19-11(20-24-13)8-1-3-9(4-2-8)12(23)18-5-6-25-7-10(21)22/h1-4H,5-7H2,(H,18,23)(H,21,22). The quantitative estimate of drug-likeness (QED) is 0.716. The Morgan fingerprint density at radius 1 is 1.24 bits per heavy atom. The Labute approximate surface area is 143 Å². The molecule has 0 bridgehead atoms. The van der Waals surface area contributed by atoms with E-state index in [1.54, 1.807) is 0 Å². The van der Waals surface area contributed by atoms with Crippen LogP contribution in [0.2, 0.25) is 0 Å². The first-order valence-corrected chi connectivity index (χ1v) is 8.02. The number of carbonyl (C=O) groups is 2. The lowest BCUT2D eigenvalue weighted by atomic mass is 10.1. The molecule has 7 nitrogen and oxygen atoms in total. The van der Waals surface area contributed by atoms with Crippen molar-refractivity contribution in [2.45, 2.75) is 6.18 Å². The maximum Gasteiger partial charge on any atom is 0.471 e. The predicted molar refractivity (Wildman–Crippen MR) is 82.0 cm³/mol. The van der Waals surface area contributed by atoms with Crippen LogP contribution in [0.3, 0.4) is 0 Å². The molecule has 0 atom stereocenters. The molecule has 0 aliphatic heterocycles. The zero-order valence-corrected chi connectivity index (χ0v) is 13.4. The van der Waals surface area contributed by atoms with Crippen LogP contribution in [0.15, 0.2) is 28.8 Å². The van der Waals surface area contributed by atoms with Crippen LogP contribution < -0.4 is 5.32 Å². The third-order valence-electron chi connectivity index (χ3n) is 2.83. The lowest BCUT2D eigenvalue weighted by Gasteiger charge is -2.05. The van der Waals surface area contributed by atoms with Gasteiger partial charge in [-0.25, -0.2) is 0 Å². The van der Waals surface area contributed by atoms with Crippen LogP contribution in [0.4, 0.5) is 13.2 Å². The van der Waals surface area contributed by atoms with Crippen molar-refractivity contribution < 1.29 is 32.4 Å². The van der Waals surface area contributed by atoms with Crippen LogP contribution in [0.5, 0.6) is 0 Å². The van der Waals surface area contributed by atoms with Crippen molar-refractivity contribution in [3.05, 3.63) is 35.7 Å². The third-order valence-corrected chi connectivity index (χ3v) is 3.78. The molecule has 1 heterocycles. The second-order valence-corrected chi connectivity index (χ2v) is 5.81. The van der Waals surface area contributed by atoms with Gasteiger partial charge in [-0.3, -0.25) is 9.59 Å². The number of carboxylic acid groups (broad SMARTS) is 1. The second-order valence-electron chi connectivity index (χ2n) is 4.70. The van der Waals surface area contributed by atoms with Gasteiger partial charge in [-0.2, -0.15) is 18.2 Å². The van der Waals surface area contributed by atoms with Gasteiger partial charge in [-0.05, 0) is 12.1 Å². The molecule has 1 amide bonds. The number of hydrogen-bond donors (Lipinski definition) is 2. The van der Waals surface area contributed by atoms with Gasteiger partial charge in [0.15, 0.2) is 0 Å². The average molecular weight is 375 g/mol. The number of carbonyl (C=O) groups excluding carboxylic acids is 1. The minimum atomic E-state index is -4.72. The van der Waals surface area contributed by atoms with Gasteiger partial charge >= 0.3 is 18.0 Å². The van der Waals surface area contributed by atoms with Gasteiger partial charge in [0.2, 0.25) is 5.82 Å². The van der Waals surface area contributed by atoms with Gasteiger partial charge in [-0.15, -0.1) is 11.8 Å². The molecule has 0 radical (unpaired) electrons. The molecule has 0 saturated carbocycles. The summed E-state index contributed by atoms with van der Waals surface area (Å²) in [5.74, 6) is -2.59. The Balaban J connectivity index is 1.92. The molecule has 1 aromatic carbocycles. The summed E-state index contributed by atoms with van der Waals surface area (Å²) in [7, 11) is 0. The number of alkyl halides is 3. The molecule has 0 spiro atoms. The molecule has 2 N–H and O–H groups in total. The van der Waals surface area contributed by atoms with E-state index in [1.165, 1.54) is 36.0 Å². The highest BCUT2D eigenvalue weighted by atomic mass is 32.2. The van der Waals surface area contributed by atoms with Crippen molar-refractivity contribution in [2.24, 2.45) is 0 Å². The molecular formula is C14H12F3N3O4S. The second kappa shape index (κ2) is 8.01. The van der Waals surface area contributed by atoms with Crippen molar-refractivity contribution in [1.82, 2.24) is 15.5 Å². The van der Waals surface area contributed by atoms with E-state index < -0.39 is 18.0 Å². The van der Waals surface area contributed by atoms with Crippen LogP contribution in [-0.2, 0) is 11.0 Å². The fraction of sp³-hybridized carbons (Fsp3) is 0.286. The summed E-state index contributed by atoms with van der Waals surface area (Å²) in [6, 6.07) is 5.63. The number of hydrogen-bond acceptors (Lipinski definition) is 6. The minimum absolute atomic E-state index is 0.0464. The highest BCUT2D eigenvalue weighted by Gasteiger charge is 2.38. The Kier molecular flexibility index (Phi) is 6.02. The van der Waals surface area contributed by atoms with Crippen LogP contribution in [0.25, 0.3) is 11.4 Å². The summed E-state index contributed by atoms with van der Waals surface area (Å²) >= 11 is 1.17. The van der Waals surface area contributed by atoms with Crippen molar-refractivity contribution in [3.8, 4) is 11.4 Å². The van der Waals surface area contributed by atoms with Gasteiger partial charge < -0.3 is 14.9 Å². The van der Waals surface area contributed by atoms with E-state index in [9.17, 15) is 22.8 Å². The predicted octanol–water partition coefficient (Wildman–Crippen LogP) is 2.30. The Bertz CT molecular complexity index is 747. The van der Waals surface area contributed by atoms with Crippen molar-refractivity contribution in [2.75, 3.05) is 18.1 Å². The molecule has 0 aliphatic rings. The van der Waals surface area contributed by atoms with Crippen molar-refractivity contribution >= 4 is 23.6 Å². The lowest BCUT2D eigenvalue weighted by Crippen LogP contribution is -2.25. The Morgan fingerprint density at radius 2 is 1.92 bits per heavy atom. The molecule has 134 valence electrons. The fourth-order valence-electron chi connectivity index (χ4n) is 1.72. The van der Waals surface area contributed by atoms with E-state index in [1.807, 2.05) is 0 Å². The fourth-order valence-corrected chi connectivity index (χ4v) is 2.29. The molecular weight excluding hydrogens is 363 g/mol. The topological polar surface area (TPSA) is 105 Å². The monoisotopic (exact) mass is 375 g/mol. The minimum Gasteiger partial charge on any atom is -0.481 e. The van der Waals surface area contributed by atoms with E-state index in [2.05, 4.69) is 20.0 Å². The highest BCUT2D eigenvalue weighted by molar-refractivity contribution is 7.99. The van der Waals surface area contributed by atoms with Crippen LogP contribution in [0, 0.1) is 0 Å². The van der Waals surface area contributed by atoms with E-state index in [0.29, 0.717) is 11.3 Å². The normalized spacial score (nSPS) is 11.3. The number of carboxylic acids is 1. The number of rotatable bonds is 7. The smallest absolute Gasteiger partial charge is 0.471 e. The number of aromatic nitrogens is 2. The molecule has 2 aromatic rings. The maximum atomic E-state index is 12.4. The zero-order valence-electron chi connectivity index (χ0n) is 12.5. The van der Waals surface area contributed by atoms with Crippen LogP contribution in [-0.4, -0.2) is 45.2 Å². The van der Waals surface area contributed by atoms with E-state index in [4.69, 9.17) is 5.11 Å². The summed E-state index contributed by atoms with van der Waals surface area (Å²) in [5, 5.41) is 14.3. The van der Waals surface area contributed by atoms with Crippen LogP contribution >= 0.6 is 11.8 Å². The summed E-state index contributed by atoms with van der Waals surface area (Å²) in [5.41, 5.74) is 0.569. The SMILES string of the molecule is O=C(O)CSCCNC(=O)c1ccc(-c2noc(C(F)(F)F)n2)cc1. The Hall–Kier alpha value is -2.56. The van der Waals surface area contributed by atoms with Crippen molar-refractivity contribution in [3.63, 3.8) is 0 Å². The van der Waals surface area contributed by atoms with Crippen molar-refractivity contribution in [1.29, 1.82) is 0 Å². The number of halogens is 3. The van der Waals surface area contributed by atoms with E-state index in [0.717, 1.165) is 0 Å². The largest absolute Gasteiger partial charge is 0.481 e. The van der Waals surface area contributed by atoms with Gasteiger partial charge in [0.25, 0.3) is 5.91 Å². The summed E-state index contributed by atoms with van der Waals surface area (Å²) in [6.45, 7) is 0.290. The number of aliphatic carboxylic acids is 1. The summed E-state index contributed by atoms with van der Waals surface area (Å²) in [6.07, 6.45) is -4.72. The van der Waals surface area contributed by atoms with E-state index in [-0.39, 0.29) is 29.6 Å². The molecule has 0 saturated heterocycles. The first-order valence-electron chi connectivity index (χ1n) is 6.86. The zero-order chi connectivity index (χ0) is 18.4. The number of nitrogens with zero attached hydrogens (tertiary/aromatic N) is 2. The number of nitrogens with one attached hydrogen (secondary N) is 1.